The molecule has 0 fully saturated rings. The van der Waals surface area contributed by atoms with Gasteiger partial charge >= 0.3 is 0 Å². The van der Waals surface area contributed by atoms with Crippen molar-refractivity contribution in [2.75, 3.05) is 12.3 Å². The summed E-state index contributed by atoms with van der Waals surface area (Å²) in [4.78, 5) is 47.5. The Morgan fingerprint density at radius 2 is 1.81 bits per heavy atom. The molecule has 0 atom stereocenters. The molecular weight excluding hydrogens is 398 g/mol. The third kappa shape index (κ3) is 8.70. The molecule has 0 spiro atoms. The number of H-pyrrole nitrogens is 1. The van der Waals surface area contributed by atoms with E-state index in [1.807, 2.05) is 32.0 Å². The number of aromatic nitrogens is 4. The third-order valence-electron chi connectivity index (χ3n) is 3.72. The number of ketones is 1. The van der Waals surface area contributed by atoms with Crippen LogP contribution in [0, 0.1) is 0 Å². The summed E-state index contributed by atoms with van der Waals surface area (Å²) in [5.41, 5.74) is 11.9. The van der Waals surface area contributed by atoms with Gasteiger partial charge in [-0.25, -0.2) is 9.97 Å². The molecule has 0 saturated heterocycles. The Morgan fingerprint density at radius 1 is 1.13 bits per heavy atom. The number of nitrogen functional groups attached to an aromatic ring is 1. The minimum absolute atomic E-state index is 0.0253. The van der Waals surface area contributed by atoms with Crippen LogP contribution in [-0.4, -0.2) is 38.2 Å². The Bertz CT molecular complexity index is 1040. The normalized spacial score (nSPS) is 9.68. The number of nitrogens with zero attached hydrogens (tertiary/aromatic N) is 3. The van der Waals surface area contributed by atoms with Crippen LogP contribution >= 0.6 is 0 Å². The van der Waals surface area contributed by atoms with Crippen molar-refractivity contribution < 1.29 is 9.59 Å². The fraction of sp³-hybridized carbons (Fsp3) is 0.333. The molecule has 1 aromatic carbocycles. The van der Waals surface area contributed by atoms with Gasteiger partial charge in [-0.3, -0.25) is 14.6 Å². The molecule has 166 valence electrons. The second-order valence-corrected chi connectivity index (χ2v) is 6.12. The van der Waals surface area contributed by atoms with Crippen molar-refractivity contribution in [1.29, 1.82) is 0 Å². The van der Waals surface area contributed by atoms with E-state index in [1.54, 1.807) is 19.1 Å². The number of carbonyl (C=O) groups excluding carboxylic acids is 2. The average Bonchev–Trinajstić information content (AvgIpc) is 2.78. The summed E-state index contributed by atoms with van der Waals surface area (Å²) in [6.45, 7) is 6.33. The van der Waals surface area contributed by atoms with Gasteiger partial charge in [-0.05, 0) is 25.5 Å². The van der Waals surface area contributed by atoms with E-state index >= 15 is 0 Å². The van der Waals surface area contributed by atoms with E-state index in [4.69, 9.17) is 11.5 Å². The highest BCUT2D eigenvalue weighted by Gasteiger charge is 2.05. The summed E-state index contributed by atoms with van der Waals surface area (Å²) >= 11 is 0. The minimum atomic E-state index is -0.407. The standard InChI is InChI=1S/C12H15NO2.C7H8N6O.C2H6/c1-10(14)6-5-9-13-12(15)11-7-3-2-4-8-11;8-1-3-2-10-5-4(11-3)6(14)13-7(9)12-5;1-2/h2-4,7-8H,5-6,9H2,1H3,(H,13,15);2H,1,8H2,(H3,9,10,12,13,14);1-2H3. The van der Waals surface area contributed by atoms with E-state index in [-0.39, 0.29) is 35.3 Å². The molecule has 6 N–H and O–H groups in total. The van der Waals surface area contributed by atoms with Crippen LogP contribution in [-0.2, 0) is 11.3 Å². The number of carbonyl (C=O) groups is 2. The number of benzene rings is 1. The Balaban J connectivity index is 0.000000287. The zero-order valence-corrected chi connectivity index (χ0v) is 18.0. The molecule has 0 aliphatic carbocycles. The van der Waals surface area contributed by atoms with E-state index < -0.39 is 5.56 Å². The van der Waals surface area contributed by atoms with Crippen molar-refractivity contribution >= 4 is 28.8 Å². The van der Waals surface area contributed by atoms with Crippen molar-refractivity contribution in [3.63, 3.8) is 0 Å². The molecule has 0 bridgehead atoms. The molecule has 0 unspecified atom stereocenters. The number of amides is 1. The molecule has 31 heavy (non-hydrogen) atoms. The quantitative estimate of drug-likeness (QED) is 0.429. The largest absolute Gasteiger partial charge is 0.369 e. The highest BCUT2D eigenvalue weighted by molar-refractivity contribution is 5.94. The van der Waals surface area contributed by atoms with Crippen LogP contribution in [0.15, 0.2) is 41.3 Å². The van der Waals surface area contributed by atoms with Gasteiger partial charge in [-0.15, -0.1) is 0 Å². The van der Waals surface area contributed by atoms with Crippen LogP contribution in [0.5, 0.6) is 0 Å². The number of fused-ring (bicyclic) bond motifs is 1. The van der Waals surface area contributed by atoms with Gasteiger partial charge < -0.3 is 21.6 Å². The van der Waals surface area contributed by atoms with Gasteiger partial charge in [0.15, 0.2) is 11.2 Å². The molecule has 10 heteroatoms. The third-order valence-corrected chi connectivity index (χ3v) is 3.72. The number of nitrogens with one attached hydrogen (secondary N) is 2. The second-order valence-electron chi connectivity index (χ2n) is 6.12. The van der Waals surface area contributed by atoms with E-state index in [1.165, 1.54) is 6.20 Å². The van der Waals surface area contributed by atoms with Gasteiger partial charge in [0.2, 0.25) is 5.95 Å². The van der Waals surface area contributed by atoms with Gasteiger partial charge in [0.1, 0.15) is 5.78 Å². The fourth-order valence-electron chi connectivity index (χ4n) is 2.30. The van der Waals surface area contributed by atoms with Crippen molar-refractivity contribution in [2.24, 2.45) is 5.73 Å². The highest BCUT2D eigenvalue weighted by Crippen LogP contribution is 2.02. The van der Waals surface area contributed by atoms with Crippen LogP contribution in [0.2, 0.25) is 0 Å². The minimum Gasteiger partial charge on any atom is -0.369 e. The summed E-state index contributed by atoms with van der Waals surface area (Å²) in [6, 6.07) is 9.04. The summed E-state index contributed by atoms with van der Waals surface area (Å²) < 4.78 is 0. The smallest absolute Gasteiger partial charge is 0.280 e. The zero-order valence-electron chi connectivity index (χ0n) is 18.0. The average molecular weight is 428 g/mol. The first kappa shape index (κ1) is 25.4. The number of Topliss-reactive ketones (excluding diaryl/α,β-unsaturated/α-hetero) is 1. The lowest BCUT2D eigenvalue weighted by molar-refractivity contribution is -0.117. The molecule has 2 heterocycles. The summed E-state index contributed by atoms with van der Waals surface area (Å²) in [7, 11) is 0. The lowest BCUT2D eigenvalue weighted by Gasteiger charge is -2.03. The number of rotatable bonds is 6. The van der Waals surface area contributed by atoms with E-state index in [2.05, 4.69) is 25.3 Å². The molecule has 0 aliphatic rings. The highest BCUT2D eigenvalue weighted by atomic mass is 16.1. The maximum atomic E-state index is 11.5. The number of hydrogen-bond acceptors (Lipinski definition) is 8. The molecule has 10 nitrogen and oxygen atoms in total. The zero-order chi connectivity index (χ0) is 23.2. The Kier molecular flexibility index (Phi) is 11.1. The second kappa shape index (κ2) is 13.5. The molecule has 3 rings (SSSR count). The van der Waals surface area contributed by atoms with Gasteiger partial charge in [0.05, 0.1) is 11.9 Å². The van der Waals surface area contributed by atoms with Crippen LogP contribution in [0.25, 0.3) is 11.2 Å². The van der Waals surface area contributed by atoms with Crippen molar-refractivity contribution in [1.82, 2.24) is 25.3 Å². The topological polar surface area (TPSA) is 170 Å². The lowest BCUT2D eigenvalue weighted by Crippen LogP contribution is -2.24. The molecular formula is C21H29N7O3. The number of aromatic amines is 1. The molecule has 2 aromatic heterocycles. The van der Waals surface area contributed by atoms with Crippen molar-refractivity contribution in [3.05, 3.63) is 58.1 Å². The van der Waals surface area contributed by atoms with Gasteiger partial charge in [0.25, 0.3) is 11.5 Å². The van der Waals surface area contributed by atoms with E-state index in [0.29, 0.717) is 30.6 Å². The monoisotopic (exact) mass is 427 g/mol. The fourth-order valence-corrected chi connectivity index (χ4v) is 2.30. The first-order valence-electron chi connectivity index (χ1n) is 9.95. The molecule has 3 aromatic rings. The van der Waals surface area contributed by atoms with Crippen molar-refractivity contribution in [2.45, 2.75) is 40.2 Å². The number of hydrogen-bond donors (Lipinski definition) is 4. The molecule has 0 aliphatic heterocycles. The SMILES string of the molecule is CC.CC(=O)CCCNC(=O)c1ccccc1.NCc1cnc2nc(N)[nH]c(=O)c2n1. The van der Waals surface area contributed by atoms with Gasteiger partial charge in [-0.1, -0.05) is 32.0 Å². The Morgan fingerprint density at radius 3 is 2.42 bits per heavy atom. The van der Waals surface area contributed by atoms with Crippen LogP contribution in [0.3, 0.4) is 0 Å². The first-order valence-corrected chi connectivity index (χ1v) is 9.95. The maximum Gasteiger partial charge on any atom is 0.280 e. The Hall–Kier alpha value is -3.66. The van der Waals surface area contributed by atoms with Gasteiger partial charge in [-0.2, -0.15) is 4.98 Å². The predicted molar refractivity (Wildman–Crippen MR) is 120 cm³/mol. The molecule has 0 saturated carbocycles. The number of nitrogens with two attached hydrogens (primary N) is 2. The van der Waals surface area contributed by atoms with Crippen LogP contribution in [0.4, 0.5) is 5.95 Å². The first-order chi connectivity index (χ1) is 14.9. The maximum absolute atomic E-state index is 11.5. The van der Waals surface area contributed by atoms with E-state index in [9.17, 15) is 14.4 Å². The Labute approximate surface area is 180 Å². The summed E-state index contributed by atoms with van der Waals surface area (Å²) in [5, 5.41) is 2.76. The summed E-state index contributed by atoms with van der Waals surface area (Å²) in [5.74, 6) is 0.0976. The lowest BCUT2D eigenvalue weighted by atomic mass is 10.2. The number of anilines is 1. The van der Waals surface area contributed by atoms with Crippen LogP contribution < -0.4 is 22.3 Å². The summed E-state index contributed by atoms with van der Waals surface area (Å²) in [6.07, 6.45) is 2.69. The van der Waals surface area contributed by atoms with Crippen LogP contribution in [0.1, 0.15) is 49.7 Å². The van der Waals surface area contributed by atoms with Crippen molar-refractivity contribution in [3.8, 4) is 0 Å². The predicted octanol–water partition coefficient (Wildman–Crippen LogP) is 1.57. The van der Waals surface area contributed by atoms with Gasteiger partial charge in [0, 0.05) is 25.1 Å². The molecule has 0 radical (unpaired) electrons. The van der Waals surface area contributed by atoms with E-state index in [0.717, 1.165) is 0 Å². The molecule has 1 amide bonds.